The van der Waals surface area contributed by atoms with Gasteiger partial charge in [-0.15, -0.1) is 0 Å². The Morgan fingerprint density at radius 2 is 1.88 bits per heavy atom. The van der Waals surface area contributed by atoms with Crippen LogP contribution >= 0.6 is 0 Å². The van der Waals surface area contributed by atoms with Crippen molar-refractivity contribution in [1.29, 1.82) is 0 Å². The second-order valence-corrected chi connectivity index (χ2v) is 5.75. The molecular weight excluding hydrogens is 298 g/mol. The molecule has 0 radical (unpaired) electrons. The van der Waals surface area contributed by atoms with Crippen LogP contribution < -0.4 is 10.6 Å². The van der Waals surface area contributed by atoms with Crippen molar-refractivity contribution in [3.05, 3.63) is 72.6 Å². The lowest BCUT2D eigenvalue weighted by molar-refractivity contribution is -0.115. The van der Waals surface area contributed by atoms with Crippen molar-refractivity contribution in [2.24, 2.45) is 0 Å². The molecule has 0 unspecified atom stereocenters. The summed E-state index contributed by atoms with van der Waals surface area (Å²) < 4.78 is 0. The van der Waals surface area contributed by atoms with E-state index in [1.165, 1.54) is 5.56 Å². The molecule has 0 aliphatic rings. The number of pyridine rings is 1. The van der Waals surface area contributed by atoms with E-state index in [9.17, 15) is 4.79 Å². The van der Waals surface area contributed by atoms with Crippen LogP contribution in [0.1, 0.15) is 12.0 Å². The lowest BCUT2D eigenvalue weighted by Crippen LogP contribution is -2.28. The molecule has 4 nitrogen and oxygen atoms in total. The second-order valence-electron chi connectivity index (χ2n) is 5.75. The Morgan fingerprint density at radius 3 is 2.75 bits per heavy atom. The van der Waals surface area contributed by atoms with Gasteiger partial charge in [-0.05, 0) is 48.5 Å². The number of carbonyl (C=O) groups is 1. The van der Waals surface area contributed by atoms with Gasteiger partial charge >= 0.3 is 0 Å². The van der Waals surface area contributed by atoms with Gasteiger partial charge in [0.2, 0.25) is 5.91 Å². The Balaban J connectivity index is 1.40. The van der Waals surface area contributed by atoms with Gasteiger partial charge in [0.05, 0.1) is 6.54 Å². The monoisotopic (exact) mass is 319 g/mol. The van der Waals surface area contributed by atoms with Gasteiger partial charge < -0.3 is 10.6 Å². The van der Waals surface area contributed by atoms with E-state index in [1.54, 1.807) is 6.20 Å². The third-order valence-electron chi connectivity index (χ3n) is 3.87. The van der Waals surface area contributed by atoms with E-state index in [4.69, 9.17) is 0 Å². The number of nitrogens with zero attached hydrogens (tertiary/aromatic N) is 1. The molecule has 0 aliphatic heterocycles. The number of nitrogens with one attached hydrogen (secondary N) is 2. The molecule has 3 aromatic rings. The van der Waals surface area contributed by atoms with Gasteiger partial charge in [0.25, 0.3) is 0 Å². The molecule has 1 aromatic heterocycles. The first-order chi connectivity index (χ1) is 11.8. The number of hydrogen-bond donors (Lipinski definition) is 2. The average Bonchev–Trinajstić information content (AvgIpc) is 2.62. The topological polar surface area (TPSA) is 54.0 Å². The van der Waals surface area contributed by atoms with E-state index in [0.29, 0.717) is 6.54 Å². The molecule has 4 heteroatoms. The summed E-state index contributed by atoms with van der Waals surface area (Å²) in [5.41, 5.74) is 2.14. The van der Waals surface area contributed by atoms with Crippen LogP contribution in [0, 0.1) is 0 Å². The van der Waals surface area contributed by atoms with Gasteiger partial charge in [0.1, 0.15) is 0 Å². The summed E-state index contributed by atoms with van der Waals surface area (Å²) in [5.74, 6) is -0.0249. The quantitative estimate of drug-likeness (QED) is 0.656. The van der Waals surface area contributed by atoms with Crippen LogP contribution in [0.15, 0.2) is 67.0 Å². The minimum atomic E-state index is -0.0249. The minimum Gasteiger partial charge on any atom is -0.325 e. The molecule has 1 heterocycles. The molecule has 0 spiro atoms. The van der Waals surface area contributed by atoms with E-state index >= 15 is 0 Å². The van der Waals surface area contributed by atoms with E-state index in [-0.39, 0.29) is 5.91 Å². The molecule has 0 saturated carbocycles. The van der Waals surface area contributed by atoms with Crippen molar-refractivity contribution in [3.63, 3.8) is 0 Å². The van der Waals surface area contributed by atoms with Crippen molar-refractivity contribution in [1.82, 2.24) is 10.3 Å². The van der Waals surface area contributed by atoms with Gasteiger partial charge in [0.15, 0.2) is 0 Å². The van der Waals surface area contributed by atoms with Crippen molar-refractivity contribution in [3.8, 4) is 0 Å². The molecule has 0 aliphatic carbocycles. The predicted octanol–water partition coefficient (Wildman–Crippen LogP) is 3.40. The summed E-state index contributed by atoms with van der Waals surface area (Å²) in [6, 6.07) is 18.1. The van der Waals surface area contributed by atoms with Crippen LogP contribution in [0.2, 0.25) is 0 Å². The maximum absolute atomic E-state index is 12.0. The zero-order valence-electron chi connectivity index (χ0n) is 13.5. The van der Waals surface area contributed by atoms with Crippen LogP contribution in [-0.2, 0) is 11.2 Å². The highest BCUT2D eigenvalue weighted by atomic mass is 16.1. The van der Waals surface area contributed by atoms with Crippen molar-refractivity contribution < 1.29 is 4.79 Å². The number of benzene rings is 2. The number of amides is 1. The summed E-state index contributed by atoms with van der Waals surface area (Å²) in [5, 5.41) is 8.24. The molecule has 2 N–H and O–H groups in total. The highest BCUT2D eigenvalue weighted by Gasteiger charge is 2.03. The van der Waals surface area contributed by atoms with E-state index in [0.717, 1.165) is 35.8 Å². The number of aromatic nitrogens is 1. The van der Waals surface area contributed by atoms with Gasteiger partial charge in [-0.25, -0.2) is 0 Å². The zero-order valence-corrected chi connectivity index (χ0v) is 13.5. The standard InChI is InChI=1S/C20H21N3O/c24-20(15-21-11-4-7-16-5-2-1-3-6-16)23-19-9-8-18-14-22-12-10-17(18)13-19/h1-3,5-6,8-10,12-14,21H,4,7,11,15H2,(H,23,24). The van der Waals surface area contributed by atoms with Crippen LogP contribution in [-0.4, -0.2) is 24.0 Å². The highest BCUT2D eigenvalue weighted by Crippen LogP contribution is 2.17. The SMILES string of the molecule is O=C(CNCCCc1ccccc1)Nc1ccc2cnccc2c1. The van der Waals surface area contributed by atoms with Crippen molar-refractivity contribution >= 4 is 22.4 Å². The van der Waals surface area contributed by atoms with Gasteiger partial charge in [0, 0.05) is 23.5 Å². The molecule has 0 atom stereocenters. The highest BCUT2D eigenvalue weighted by molar-refractivity contribution is 5.95. The molecule has 24 heavy (non-hydrogen) atoms. The minimum absolute atomic E-state index is 0.0249. The summed E-state index contributed by atoms with van der Waals surface area (Å²) in [6.07, 6.45) is 5.60. The zero-order chi connectivity index (χ0) is 16.6. The lowest BCUT2D eigenvalue weighted by atomic mass is 10.1. The second kappa shape index (κ2) is 8.22. The molecule has 0 fully saturated rings. The van der Waals surface area contributed by atoms with Gasteiger partial charge in [-0.1, -0.05) is 36.4 Å². The van der Waals surface area contributed by atoms with Crippen LogP contribution in [0.25, 0.3) is 10.8 Å². The third kappa shape index (κ3) is 4.64. The summed E-state index contributed by atoms with van der Waals surface area (Å²) >= 11 is 0. The first kappa shape index (κ1) is 16.1. The summed E-state index contributed by atoms with van der Waals surface area (Å²) in [4.78, 5) is 16.1. The molecule has 3 rings (SSSR count). The Hall–Kier alpha value is -2.72. The lowest BCUT2D eigenvalue weighted by Gasteiger charge is -2.08. The van der Waals surface area contributed by atoms with Crippen LogP contribution in [0.4, 0.5) is 5.69 Å². The molecule has 122 valence electrons. The Kier molecular flexibility index (Phi) is 5.53. The maximum atomic E-state index is 12.0. The molecular formula is C20H21N3O. The number of rotatable bonds is 7. The summed E-state index contributed by atoms with van der Waals surface area (Å²) in [7, 11) is 0. The van der Waals surface area contributed by atoms with Crippen molar-refractivity contribution in [2.75, 3.05) is 18.4 Å². The molecule has 0 bridgehead atoms. The fourth-order valence-electron chi connectivity index (χ4n) is 2.63. The predicted molar refractivity (Wildman–Crippen MR) is 98.0 cm³/mol. The smallest absolute Gasteiger partial charge is 0.238 e. The van der Waals surface area contributed by atoms with Crippen LogP contribution in [0.3, 0.4) is 0 Å². The third-order valence-corrected chi connectivity index (χ3v) is 3.87. The largest absolute Gasteiger partial charge is 0.325 e. The Morgan fingerprint density at radius 1 is 1.00 bits per heavy atom. The number of carbonyl (C=O) groups excluding carboxylic acids is 1. The number of anilines is 1. The van der Waals surface area contributed by atoms with Crippen molar-refractivity contribution in [2.45, 2.75) is 12.8 Å². The fourth-order valence-corrected chi connectivity index (χ4v) is 2.63. The van der Waals surface area contributed by atoms with E-state index < -0.39 is 0 Å². The van der Waals surface area contributed by atoms with Gasteiger partial charge in [-0.3, -0.25) is 9.78 Å². The maximum Gasteiger partial charge on any atom is 0.238 e. The average molecular weight is 319 g/mol. The number of fused-ring (bicyclic) bond motifs is 1. The Bertz CT molecular complexity index is 802. The Labute approximate surface area is 141 Å². The van der Waals surface area contributed by atoms with Crippen LogP contribution in [0.5, 0.6) is 0 Å². The van der Waals surface area contributed by atoms with E-state index in [2.05, 4.69) is 39.9 Å². The first-order valence-electron chi connectivity index (χ1n) is 8.19. The fraction of sp³-hybridized carbons (Fsp3) is 0.200. The van der Waals surface area contributed by atoms with Gasteiger partial charge in [-0.2, -0.15) is 0 Å². The summed E-state index contributed by atoms with van der Waals surface area (Å²) in [6.45, 7) is 1.15. The van der Waals surface area contributed by atoms with E-state index in [1.807, 2.05) is 36.5 Å². The molecule has 0 saturated heterocycles. The first-order valence-corrected chi connectivity index (χ1v) is 8.19. The molecule has 2 aromatic carbocycles. The number of hydrogen-bond acceptors (Lipinski definition) is 3. The number of aryl methyl sites for hydroxylation is 1. The molecule has 1 amide bonds. The normalized spacial score (nSPS) is 10.7.